The Hall–Kier alpha value is -1.22. The molecule has 0 aliphatic heterocycles. The standard InChI is InChI=1S/C26H41N2.BrH/c1-2-3-4-5-6-7-8-9-10-11-12-13-14-15-22-28-23-18-26(19-24-28)25-16-20-27-21-17-25;/h16-21,23-24H,2-15,22H2,1H3;1H/q+1;/p-1. The van der Waals surface area contributed by atoms with Crippen LogP contribution in [0, 0.1) is 0 Å². The van der Waals surface area contributed by atoms with Crippen molar-refractivity contribution < 1.29 is 21.5 Å². The van der Waals surface area contributed by atoms with Crippen LogP contribution >= 0.6 is 0 Å². The third-order valence-electron chi connectivity index (χ3n) is 5.67. The highest BCUT2D eigenvalue weighted by atomic mass is 79.9. The molecule has 0 amide bonds. The SMILES string of the molecule is CCCCCCCCCCCCCCCC[n+]1ccc(-c2ccncc2)cc1.[Br-]. The molecule has 0 atom stereocenters. The van der Waals surface area contributed by atoms with Gasteiger partial charge in [-0.05, 0) is 29.7 Å². The van der Waals surface area contributed by atoms with Crippen molar-refractivity contribution in [2.24, 2.45) is 0 Å². The maximum absolute atomic E-state index is 4.09. The molecule has 2 aromatic heterocycles. The molecule has 0 saturated carbocycles. The van der Waals surface area contributed by atoms with Crippen molar-refractivity contribution >= 4 is 0 Å². The Labute approximate surface area is 189 Å². The molecule has 2 rings (SSSR count). The fraction of sp³-hybridized carbons (Fsp3) is 0.615. The number of nitrogens with zero attached hydrogens (tertiary/aromatic N) is 2. The summed E-state index contributed by atoms with van der Waals surface area (Å²) in [7, 11) is 0. The van der Waals surface area contributed by atoms with Crippen LogP contribution in [0.3, 0.4) is 0 Å². The lowest BCUT2D eigenvalue weighted by atomic mass is 10.0. The van der Waals surface area contributed by atoms with Crippen molar-refractivity contribution in [1.82, 2.24) is 4.98 Å². The number of pyridine rings is 2. The van der Waals surface area contributed by atoms with E-state index < -0.39 is 0 Å². The second-order valence-corrected chi connectivity index (χ2v) is 8.16. The number of hydrogen-bond acceptors (Lipinski definition) is 1. The van der Waals surface area contributed by atoms with E-state index in [4.69, 9.17) is 0 Å². The van der Waals surface area contributed by atoms with Crippen molar-refractivity contribution in [2.45, 2.75) is 103 Å². The van der Waals surface area contributed by atoms with Crippen molar-refractivity contribution in [2.75, 3.05) is 0 Å². The third kappa shape index (κ3) is 12.2. The van der Waals surface area contributed by atoms with Crippen LogP contribution in [0.2, 0.25) is 0 Å². The zero-order valence-electron chi connectivity index (χ0n) is 18.5. The highest BCUT2D eigenvalue weighted by molar-refractivity contribution is 5.61. The van der Waals surface area contributed by atoms with Crippen LogP contribution in [0.4, 0.5) is 0 Å². The summed E-state index contributed by atoms with van der Waals surface area (Å²) >= 11 is 0. The Morgan fingerprint density at radius 3 is 1.48 bits per heavy atom. The highest BCUT2D eigenvalue weighted by Gasteiger charge is 2.03. The molecule has 2 heterocycles. The van der Waals surface area contributed by atoms with E-state index >= 15 is 0 Å². The van der Waals surface area contributed by atoms with Crippen LogP contribution in [0.15, 0.2) is 49.1 Å². The highest BCUT2D eigenvalue weighted by Crippen LogP contribution is 2.16. The van der Waals surface area contributed by atoms with Crippen molar-refractivity contribution in [1.29, 1.82) is 0 Å². The molecule has 29 heavy (non-hydrogen) atoms. The summed E-state index contributed by atoms with van der Waals surface area (Å²) in [6.07, 6.45) is 28.0. The van der Waals surface area contributed by atoms with E-state index in [9.17, 15) is 0 Å². The summed E-state index contributed by atoms with van der Waals surface area (Å²) in [4.78, 5) is 4.09. The first kappa shape index (κ1) is 25.8. The number of halogens is 1. The van der Waals surface area contributed by atoms with Gasteiger partial charge in [-0.15, -0.1) is 0 Å². The summed E-state index contributed by atoms with van der Waals surface area (Å²) in [5.74, 6) is 0. The van der Waals surface area contributed by atoms with Gasteiger partial charge < -0.3 is 17.0 Å². The number of hydrogen-bond donors (Lipinski definition) is 0. The van der Waals surface area contributed by atoms with Gasteiger partial charge >= 0.3 is 0 Å². The molecule has 3 heteroatoms. The Morgan fingerprint density at radius 2 is 1.00 bits per heavy atom. The topological polar surface area (TPSA) is 16.8 Å². The summed E-state index contributed by atoms with van der Waals surface area (Å²) in [6.45, 7) is 3.43. The van der Waals surface area contributed by atoms with Gasteiger partial charge in [-0.25, -0.2) is 4.57 Å². The average Bonchev–Trinajstić information content (AvgIpc) is 2.75. The molecule has 0 fully saturated rings. The lowest BCUT2D eigenvalue weighted by molar-refractivity contribution is -0.697. The predicted molar refractivity (Wildman–Crippen MR) is 120 cm³/mol. The van der Waals surface area contributed by atoms with Crippen molar-refractivity contribution in [3.63, 3.8) is 0 Å². The first-order valence-electron chi connectivity index (χ1n) is 11.8. The molecule has 0 aliphatic rings. The Bertz CT molecular complexity index is 598. The van der Waals surface area contributed by atoms with E-state index in [1.54, 1.807) is 0 Å². The fourth-order valence-electron chi connectivity index (χ4n) is 3.83. The Balaban J connectivity index is 0.00000420. The zero-order valence-corrected chi connectivity index (χ0v) is 20.1. The minimum Gasteiger partial charge on any atom is -1.00 e. The number of unbranched alkanes of at least 4 members (excludes halogenated alkanes) is 13. The van der Waals surface area contributed by atoms with E-state index in [0.29, 0.717) is 0 Å². The van der Waals surface area contributed by atoms with Gasteiger partial charge in [0.25, 0.3) is 0 Å². The largest absolute Gasteiger partial charge is 1.00 e. The molecule has 0 bridgehead atoms. The molecule has 2 aromatic rings. The summed E-state index contributed by atoms with van der Waals surface area (Å²) in [5, 5.41) is 0. The van der Waals surface area contributed by atoms with Gasteiger partial charge in [-0.2, -0.15) is 0 Å². The third-order valence-corrected chi connectivity index (χ3v) is 5.67. The zero-order chi connectivity index (χ0) is 19.7. The van der Waals surface area contributed by atoms with Crippen LogP contribution in [0.1, 0.15) is 96.8 Å². The maximum atomic E-state index is 4.09. The molecule has 2 nitrogen and oxygen atoms in total. The normalized spacial score (nSPS) is 10.7. The first-order chi connectivity index (χ1) is 13.9. The first-order valence-corrected chi connectivity index (χ1v) is 11.8. The van der Waals surface area contributed by atoms with Crippen LogP contribution in [-0.2, 0) is 6.54 Å². The van der Waals surface area contributed by atoms with Gasteiger partial charge in [0.1, 0.15) is 6.54 Å². The Morgan fingerprint density at radius 1 is 0.586 bits per heavy atom. The molecule has 0 spiro atoms. The van der Waals surface area contributed by atoms with Gasteiger partial charge in [-0.1, -0.05) is 84.0 Å². The minimum absolute atomic E-state index is 0. The Kier molecular flexibility index (Phi) is 15.7. The summed E-state index contributed by atoms with van der Waals surface area (Å²) < 4.78 is 2.31. The van der Waals surface area contributed by atoms with Gasteiger partial charge in [0, 0.05) is 30.9 Å². The van der Waals surface area contributed by atoms with E-state index in [1.165, 1.54) is 101 Å². The van der Waals surface area contributed by atoms with Gasteiger partial charge in [0.2, 0.25) is 0 Å². The number of aryl methyl sites for hydroxylation is 1. The van der Waals surface area contributed by atoms with Crippen LogP contribution in [-0.4, -0.2) is 4.98 Å². The lowest BCUT2D eigenvalue weighted by Gasteiger charge is -2.03. The summed E-state index contributed by atoms with van der Waals surface area (Å²) in [5.41, 5.74) is 2.50. The van der Waals surface area contributed by atoms with Crippen LogP contribution < -0.4 is 21.5 Å². The number of rotatable bonds is 16. The maximum Gasteiger partial charge on any atom is 0.169 e. The molecule has 0 N–H and O–H groups in total. The monoisotopic (exact) mass is 460 g/mol. The van der Waals surface area contributed by atoms with E-state index in [1.807, 2.05) is 12.4 Å². The summed E-state index contributed by atoms with van der Waals surface area (Å²) in [6, 6.07) is 8.54. The van der Waals surface area contributed by atoms with E-state index in [2.05, 4.69) is 53.1 Å². The molecular weight excluding hydrogens is 420 g/mol. The molecule has 0 aliphatic carbocycles. The van der Waals surface area contributed by atoms with Crippen LogP contribution in [0.25, 0.3) is 11.1 Å². The molecule has 0 aromatic carbocycles. The molecule has 162 valence electrons. The predicted octanol–water partition coefficient (Wildman–Crippen LogP) is 4.52. The average molecular weight is 462 g/mol. The molecule has 0 saturated heterocycles. The lowest BCUT2D eigenvalue weighted by Crippen LogP contribution is -3.00. The van der Waals surface area contributed by atoms with Crippen molar-refractivity contribution in [3.8, 4) is 11.1 Å². The van der Waals surface area contributed by atoms with E-state index in [-0.39, 0.29) is 17.0 Å². The quantitative estimate of drug-likeness (QED) is 0.265. The molecule has 0 radical (unpaired) electrons. The van der Waals surface area contributed by atoms with Gasteiger partial charge in [0.15, 0.2) is 12.4 Å². The van der Waals surface area contributed by atoms with Crippen molar-refractivity contribution in [3.05, 3.63) is 49.1 Å². The van der Waals surface area contributed by atoms with Gasteiger partial charge in [0.05, 0.1) is 0 Å². The van der Waals surface area contributed by atoms with E-state index in [0.717, 1.165) is 6.54 Å². The van der Waals surface area contributed by atoms with Gasteiger partial charge in [-0.3, -0.25) is 4.98 Å². The smallest absolute Gasteiger partial charge is 0.169 e. The van der Waals surface area contributed by atoms with Crippen LogP contribution in [0.5, 0.6) is 0 Å². The molecular formula is C26H41BrN2. The molecule has 0 unspecified atom stereocenters. The second-order valence-electron chi connectivity index (χ2n) is 8.16. The second kappa shape index (κ2) is 17.6. The fourth-order valence-corrected chi connectivity index (χ4v) is 3.83. The minimum atomic E-state index is 0. The number of aromatic nitrogens is 2.